The Morgan fingerprint density at radius 2 is 2.20 bits per heavy atom. The summed E-state index contributed by atoms with van der Waals surface area (Å²) in [6.45, 7) is 6.84. The summed E-state index contributed by atoms with van der Waals surface area (Å²) in [6, 6.07) is 3.98. The highest BCUT2D eigenvalue weighted by molar-refractivity contribution is 5.82. The average molecular weight is 275 g/mol. The van der Waals surface area contributed by atoms with E-state index in [4.69, 9.17) is 0 Å². The summed E-state index contributed by atoms with van der Waals surface area (Å²) >= 11 is 0. The zero-order chi connectivity index (χ0) is 14.4. The van der Waals surface area contributed by atoms with Gasteiger partial charge in [0.2, 0.25) is 5.91 Å². The SMILES string of the molecule is CC(C)(C(=O)NCCc1ccncc1)C1CCCNC1. The third-order valence-corrected chi connectivity index (χ3v) is 4.35. The Labute approximate surface area is 121 Å². The molecule has 1 amide bonds. The van der Waals surface area contributed by atoms with Crippen molar-refractivity contribution in [2.75, 3.05) is 19.6 Å². The van der Waals surface area contributed by atoms with Crippen LogP contribution < -0.4 is 10.6 Å². The largest absolute Gasteiger partial charge is 0.355 e. The van der Waals surface area contributed by atoms with Crippen molar-refractivity contribution in [2.24, 2.45) is 11.3 Å². The molecule has 1 aliphatic rings. The van der Waals surface area contributed by atoms with Crippen LogP contribution in [0.25, 0.3) is 0 Å². The lowest BCUT2D eigenvalue weighted by atomic mass is 9.74. The van der Waals surface area contributed by atoms with Gasteiger partial charge in [-0.1, -0.05) is 13.8 Å². The van der Waals surface area contributed by atoms with E-state index >= 15 is 0 Å². The summed E-state index contributed by atoms with van der Waals surface area (Å²) in [5, 5.41) is 6.47. The Balaban J connectivity index is 1.81. The van der Waals surface area contributed by atoms with Gasteiger partial charge in [-0.15, -0.1) is 0 Å². The lowest BCUT2D eigenvalue weighted by Gasteiger charge is -2.36. The number of hydrogen-bond acceptors (Lipinski definition) is 3. The van der Waals surface area contributed by atoms with Crippen molar-refractivity contribution in [3.8, 4) is 0 Å². The van der Waals surface area contributed by atoms with Crippen molar-refractivity contribution in [1.82, 2.24) is 15.6 Å². The maximum atomic E-state index is 12.4. The number of piperidine rings is 1. The first-order chi connectivity index (χ1) is 9.60. The number of carbonyl (C=O) groups excluding carboxylic acids is 1. The molecule has 20 heavy (non-hydrogen) atoms. The van der Waals surface area contributed by atoms with Crippen LogP contribution in [-0.2, 0) is 11.2 Å². The molecule has 4 heteroatoms. The van der Waals surface area contributed by atoms with Crippen molar-refractivity contribution >= 4 is 5.91 Å². The van der Waals surface area contributed by atoms with Gasteiger partial charge in [0.25, 0.3) is 0 Å². The van der Waals surface area contributed by atoms with Crippen molar-refractivity contribution in [3.63, 3.8) is 0 Å². The molecule has 2 rings (SSSR count). The number of rotatable bonds is 5. The van der Waals surface area contributed by atoms with Gasteiger partial charge in [0.1, 0.15) is 0 Å². The van der Waals surface area contributed by atoms with Gasteiger partial charge in [-0.2, -0.15) is 0 Å². The van der Waals surface area contributed by atoms with Gasteiger partial charge in [0, 0.05) is 24.4 Å². The highest BCUT2D eigenvalue weighted by Crippen LogP contribution is 2.31. The third kappa shape index (κ3) is 3.79. The molecule has 1 aliphatic heterocycles. The van der Waals surface area contributed by atoms with E-state index in [0.29, 0.717) is 12.5 Å². The molecule has 1 aromatic heterocycles. The van der Waals surface area contributed by atoms with Crippen LogP contribution in [-0.4, -0.2) is 30.5 Å². The summed E-state index contributed by atoms with van der Waals surface area (Å²) in [4.78, 5) is 16.4. The minimum atomic E-state index is -0.300. The van der Waals surface area contributed by atoms with Crippen LogP contribution in [0.1, 0.15) is 32.3 Å². The quantitative estimate of drug-likeness (QED) is 0.861. The lowest BCUT2D eigenvalue weighted by molar-refractivity contribution is -0.132. The van der Waals surface area contributed by atoms with Crippen molar-refractivity contribution in [2.45, 2.75) is 33.1 Å². The predicted molar refractivity (Wildman–Crippen MR) is 80.3 cm³/mol. The highest BCUT2D eigenvalue weighted by Gasteiger charge is 2.36. The van der Waals surface area contributed by atoms with Crippen LogP contribution >= 0.6 is 0 Å². The Bertz CT molecular complexity index is 425. The molecule has 0 spiro atoms. The summed E-state index contributed by atoms with van der Waals surface area (Å²) in [5.74, 6) is 0.595. The number of aromatic nitrogens is 1. The molecule has 0 bridgehead atoms. The molecule has 1 fully saturated rings. The van der Waals surface area contributed by atoms with Gasteiger partial charge in [-0.05, 0) is 56.0 Å². The van der Waals surface area contributed by atoms with Crippen LogP contribution in [0.5, 0.6) is 0 Å². The predicted octanol–water partition coefficient (Wildman–Crippen LogP) is 1.77. The second-order valence-electron chi connectivity index (χ2n) is 6.13. The molecule has 0 radical (unpaired) electrons. The molecule has 0 aromatic carbocycles. The molecule has 1 saturated heterocycles. The summed E-state index contributed by atoms with van der Waals surface area (Å²) in [6.07, 6.45) is 6.73. The van der Waals surface area contributed by atoms with Crippen LogP contribution in [0.15, 0.2) is 24.5 Å². The Morgan fingerprint density at radius 3 is 2.85 bits per heavy atom. The van der Waals surface area contributed by atoms with Crippen molar-refractivity contribution < 1.29 is 4.79 Å². The Kier molecular flexibility index (Phi) is 5.12. The van der Waals surface area contributed by atoms with Crippen LogP contribution in [0.2, 0.25) is 0 Å². The number of nitrogens with zero attached hydrogens (tertiary/aromatic N) is 1. The van der Waals surface area contributed by atoms with Gasteiger partial charge < -0.3 is 10.6 Å². The summed E-state index contributed by atoms with van der Waals surface area (Å²) in [5.41, 5.74) is 0.906. The minimum absolute atomic E-state index is 0.167. The van der Waals surface area contributed by atoms with Crippen LogP contribution in [0, 0.1) is 11.3 Å². The molecule has 4 nitrogen and oxygen atoms in total. The molecule has 1 atom stereocenters. The van der Waals surface area contributed by atoms with E-state index in [-0.39, 0.29) is 11.3 Å². The van der Waals surface area contributed by atoms with E-state index in [2.05, 4.69) is 29.5 Å². The van der Waals surface area contributed by atoms with E-state index in [1.807, 2.05) is 12.1 Å². The Hall–Kier alpha value is -1.42. The van der Waals surface area contributed by atoms with Gasteiger partial charge >= 0.3 is 0 Å². The molecule has 1 unspecified atom stereocenters. The fourth-order valence-electron chi connectivity index (χ4n) is 2.75. The summed E-state index contributed by atoms with van der Waals surface area (Å²) < 4.78 is 0. The third-order valence-electron chi connectivity index (χ3n) is 4.35. The smallest absolute Gasteiger partial charge is 0.225 e. The topological polar surface area (TPSA) is 54.0 Å². The molecule has 1 aromatic rings. The van der Waals surface area contributed by atoms with E-state index in [1.54, 1.807) is 12.4 Å². The maximum Gasteiger partial charge on any atom is 0.225 e. The minimum Gasteiger partial charge on any atom is -0.355 e. The molecular formula is C16H25N3O. The number of amides is 1. The normalized spacial score (nSPS) is 19.6. The van der Waals surface area contributed by atoms with Crippen LogP contribution in [0.3, 0.4) is 0 Å². The maximum absolute atomic E-state index is 12.4. The molecule has 110 valence electrons. The standard InChI is InChI=1S/C16H25N3O/c1-16(2,14-4-3-8-18-12-14)15(20)19-11-7-13-5-9-17-10-6-13/h5-6,9-10,14,18H,3-4,7-8,11-12H2,1-2H3,(H,19,20). The molecule has 2 heterocycles. The molecular weight excluding hydrogens is 250 g/mol. The van der Waals surface area contributed by atoms with Crippen molar-refractivity contribution in [3.05, 3.63) is 30.1 Å². The van der Waals surface area contributed by atoms with Gasteiger partial charge in [0.05, 0.1) is 0 Å². The van der Waals surface area contributed by atoms with Crippen LogP contribution in [0.4, 0.5) is 0 Å². The first-order valence-corrected chi connectivity index (χ1v) is 7.48. The number of nitrogens with one attached hydrogen (secondary N) is 2. The molecule has 0 saturated carbocycles. The number of hydrogen-bond donors (Lipinski definition) is 2. The van der Waals surface area contributed by atoms with Gasteiger partial charge in [-0.25, -0.2) is 0 Å². The second kappa shape index (κ2) is 6.84. The first kappa shape index (κ1) is 15.0. The van der Waals surface area contributed by atoms with Crippen molar-refractivity contribution in [1.29, 1.82) is 0 Å². The van der Waals surface area contributed by atoms with E-state index in [0.717, 1.165) is 25.9 Å². The van der Waals surface area contributed by atoms with Gasteiger partial charge in [-0.3, -0.25) is 9.78 Å². The van der Waals surface area contributed by atoms with E-state index in [9.17, 15) is 4.79 Å². The highest BCUT2D eigenvalue weighted by atomic mass is 16.2. The lowest BCUT2D eigenvalue weighted by Crippen LogP contribution is -2.47. The molecule has 2 N–H and O–H groups in total. The fraction of sp³-hybridized carbons (Fsp3) is 0.625. The van der Waals surface area contributed by atoms with E-state index < -0.39 is 0 Å². The zero-order valence-electron chi connectivity index (χ0n) is 12.5. The second-order valence-corrected chi connectivity index (χ2v) is 6.13. The number of carbonyl (C=O) groups is 1. The number of pyridine rings is 1. The fourth-order valence-corrected chi connectivity index (χ4v) is 2.75. The van der Waals surface area contributed by atoms with Gasteiger partial charge in [0.15, 0.2) is 0 Å². The Morgan fingerprint density at radius 1 is 1.45 bits per heavy atom. The molecule has 0 aliphatic carbocycles. The first-order valence-electron chi connectivity index (χ1n) is 7.48. The zero-order valence-corrected chi connectivity index (χ0v) is 12.5. The average Bonchev–Trinajstić information content (AvgIpc) is 2.49. The van der Waals surface area contributed by atoms with E-state index in [1.165, 1.54) is 12.0 Å². The monoisotopic (exact) mass is 275 g/mol. The summed E-state index contributed by atoms with van der Waals surface area (Å²) in [7, 11) is 0.